The maximum Gasteiger partial charge on any atom is 0.387 e. The van der Waals surface area contributed by atoms with Gasteiger partial charge >= 0.3 is 12.6 Å². The number of fused-ring (bicyclic) bond motifs is 1. The number of aromatic nitrogens is 2. The van der Waals surface area contributed by atoms with Crippen LogP contribution in [-0.2, 0) is 0 Å². The van der Waals surface area contributed by atoms with Crippen LogP contribution < -0.4 is 4.74 Å². The second-order valence-electron chi connectivity index (χ2n) is 4.12. The molecule has 21 heavy (non-hydrogen) atoms. The lowest BCUT2D eigenvalue weighted by Crippen LogP contribution is -2.01. The largest absolute Gasteiger partial charge is 0.477 e. The zero-order valence-corrected chi connectivity index (χ0v) is 11.2. The predicted molar refractivity (Wildman–Crippen MR) is 72.1 cm³/mol. The number of aromatic carboxylic acids is 1. The molecule has 108 valence electrons. The van der Waals surface area contributed by atoms with E-state index >= 15 is 0 Å². The van der Waals surface area contributed by atoms with E-state index in [-0.39, 0.29) is 10.6 Å². The van der Waals surface area contributed by atoms with Crippen molar-refractivity contribution in [2.24, 2.45) is 0 Å². The first-order valence-electron chi connectivity index (χ1n) is 5.80. The van der Waals surface area contributed by atoms with Gasteiger partial charge in [-0.05, 0) is 12.1 Å². The molecule has 2 aromatic heterocycles. The Morgan fingerprint density at radius 3 is 2.86 bits per heavy atom. The Morgan fingerprint density at radius 2 is 2.19 bits per heavy atom. The molecule has 0 aliphatic heterocycles. The number of carboxylic acid groups (broad SMARTS) is 1. The van der Waals surface area contributed by atoms with Gasteiger partial charge in [-0.15, -0.1) is 0 Å². The van der Waals surface area contributed by atoms with E-state index < -0.39 is 12.6 Å². The lowest BCUT2D eigenvalue weighted by Gasteiger charge is -2.05. The van der Waals surface area contributed by atoms with Gasteiger partial charge in [0.1, 0.15) is 10.6 Å². The summed E-state index contributed by atoms with van der Waals surface area (Å²) in [6.07, 6.45) is 3.10. The Balaban J connectivity index is 1.96. The third-order valence-electron chi connectivity index (χ3n) is 2.72. The molecule has 0 fully saturated rings. The number of imidazole rings is 1. The van der Waals surface area contributed by atoms with Crippen molar-refractivity contribution in [2.45, 2.75) is 6.61 Å². The second-order valence-corrected chi connectivity index (χ2v) is 5.13. The van der Waals surface area contributed by atoms with E-state index in [9.17, 15) is 13.6 Å². The Bertz CT molecular complexity index is 781. The van der Waals surface area contributed by atoms with Crippen molar-refractivity contribution in [3.63, 3.8) is 0 Å². The standard InChI is InChI=1S/C13H8F2N2O3S/c14-12(15)20-8-3-1-2-7(4-8)9-5-17-6-10(11(18)19)21-13(17)16-9/h1-6,12H,(H,18,19). The minimum Gasteiger partial charge on any atom is -0.477 e. The first kappa shape index (κ1) is 13.5. The highest BCUT2D eigenvalue weighted by atomic mass is 32.1. The number of ether oxygens (including phenoxy) is 1. The van der Waals surface area contributed by atoms with E-state index in [1.54, 1.807) is 22.7 Å². The van der Waals surface area contributed by atoms with Crippen LogP contribution >= 0.6 is 11.3 Å². The number of halogens is 2. The number of alkyl halides is 2. The normalized spacial score (nSPS) is 11.2. The molecule has 8 heteroatoms. The number of hydrogen-bond acceptors (Lipinski definition) is 4. The number of nitrogens with zero attached hydrogens (tertiary/aromatic N) is 2. The van der Waals surface area contributed by atoms with E-state index in [0.717, 1.165) is 11.3 Å². The quantitative estimate of drug-likeness (QED) is 0.802. The van der Waals surface area contributed by atoms with Crippen molar-refractivity contribution in [1.82, 2.24) is 9.38 Å². The molecule has 0 spiro atoms. The van der Waals surface area contributed by atoms with Gasteiger partial charge in [0.05, 0.1) is 5.69 Å². The molecule has 3 rings (SSSR count). The van der Waals surface area contributed by atoms with Crippen LogP contribution in [0.3, 0.4) is 0 Å². The molecule has 0 saturated carbocycles. The Labute approximate surface area is 121 Å². The summed E-state index contributed by atoms with van der Waals surface area (Å²) >= 11 is 1.04. The van der Waals surface area contributed by atoms with Crippen molar-refractivity contribution < 1.29 is 23.4 Å². The van der Waals surface area contributed by atoms with Gasteiger partial charge in [0.25, 0.3) is 0 Å². The van der Waals surface area contributed by atoms with Gasteiger partial charge in [-0.2, -0.15) is 8.78 Å². The maximum absolute atomic E-state index is 12.2. The summed E-state index contributed by atoms with van der Waals surface area (Å²) < 4.78 is 30.3. The molecule has 0 bridgehead atoms. The molecule has 5 nitrogen and oxygen atoms in total. The van der Waals surface area contributed by atoms with Crippen LogP contribution in [0.5, 0.6) is 5.75 Å². The van der Waals surface area contributed by atoms with Gasteiger partial charge in [0.15, 0.2) is 4.96 Å². The number of carboxylic acids is 1. The van der Waals surface area contributed by atoms with Gasteiger partial charge in [-0.3, -0.25) is 4.40 Å². The summed E-state index contributed by atoms with van der Waals surface area (Å²) in [5, 5.41) is 8.89. The van der Waals surface area contributed by atoms with Crippen molar-refractivity contribution in [2.75, 3.05) is 0 Å². The molecule has 3 aromatic rings. The molecule has 1 aromatic carbocycles. The summed E-state index contributed by atoms with van der Waals surface area (Å²) in [5.41, 5.74) is 1.17. The second kappa shape index (κ2) is 5.13. The Hall–Kier alpha value is -2.48. The molecule has 0 saturated heterocycles. The molecule has 1 N–H and O–H groups in total. The molecule has 0 aliphatic rings. The number of benzene rings is 1. The third kappa shape index (κ3) is 2.70. The van der Waals surface area contributed by atoms with E-state index in [4.69, 9.17) is 5.11 Å². The lowest BCUT2D eigenvalue weighted by atomic mass is 10.1. The molecule has 0 radical (unpaired) electrons. The first-order chi connectivity index (χ1) is 10.0. The molecule has 0 atom stereocenters. The molecule has 0 amide bonds. The van der Waals surface area contributed by atoms with E-state index in [0.29, 0.717) is 16.2 Å². The Morgan fingerprint density at radius 1 is 1.38 bits per heavy atom. The summed E-state index contributed by atoms with van der Waals surface area (Å²) in [4.78, 5) is 15.8. The fourth-order valence-corrected chi connectivity index (χ4v) is 2.67. The van der Waals surface area contributed by atoms with Crippen molar-refractivity contribution in [3.8, 4) is 17.0 Å². The minimum absolute atomic E-state index is 0.0464. The fraction of sp³-hybridized carbons (Fsp3) is 0.0769. The monoisotopic (exact) mass is 310 g/mol. The van der Waals surface area contributed by atoms with Crippen molar-refractivity contribution >= 4 is 22.3 Å². The molecular weight excluding hydrogens is 302 g/mol. The third-order valence-corrected chi connectivity index (χ3v) is 3.71. The van der Waals surface area contributed by atoms with Gasteiger partial charge in [0.2, 0.25) is 0 Å². The molecular formula is C13H8F2N2O3S. The van der Waals surface area contributed by atoms with Gasteiger partial charge in [0, 0.05) is 18.0 Å². The first-order valence-corrected chi connectivity index (χ1v) is 6.61. The average Bonchev–Trinajstić information content (AvgIpc) is 2.96. The maximum atomic E-state index is 12.2. The van der Waals surface area contributed by atoms with Gasteiger partial charge in [-0.1, -0.05) is 23.5 Å². The predicted octanol–water partition coefficient (Wildman–Crippen LogP) is 3.36. The number of carbonyl (C=O) groups is 1. The van der Waals surface area contributed by atoms with Crippen molar-refractivity contribution in [1.29, 1.82) is 0 Å². The topological polar surface area (TPSA) is 63.8 Å². The number of hydrogen-bond donors (Lipinski definition) is 1. The smallest absolute Gasteiger partial charge is 0.387 e. The van der Waals surface area contributed by atoms with Crippen LogP contribution in [0.1, 0.15) is 9.67 Å². The van der Waals surface area contributed by atoms with Crippen LogP contribution in [0.25, 0.3) is 16.2 Å². The number of thiazole rings is 1. The van der Waals surface area contributed by atoms with Gasteiger partial charge in [-0.25, -0.2) is 9.78 Å². The van der Waals surface area contributed by atoms with E-state index in [2.05, 4.69) is 9.72 Å². The fourth-order valence-electron chi connectivity index (χ4n) is 1.87. The Kier molecular flexibility index (Phi) is 3.30. The SMILES string of the molecule is O=C(O)c1cn2cc(-c3cccc(OC(F)F)c3)nc2s1. The number of rotatable bonds is 4. The van der Waals surface area contributed by atoms with Crippen LogP contribution in [0.4, 0.5) is 8.78 Å². The molecule has 2 heterocycles. The highest BCUT2D eigenvalue weighted by molar-refractivity contribution is 7.18. The van der Waals surface area contributed by atoms with Crippen molar-refractivity contribution in [3.05, 3.63) is 41.5 Å². The van der Waals surface area contributed by atoms with E-state index in [1.807, 2.05) is 0 Å². The molecule has 0 aliphatic carbocycles. The van der Waals surface area contributed by atoms with Crippen LogP contribution in [0, 0.1) is 0 Å². The zero-order valence-electron chi connectivity index (χ0n) is 10.4. The lowest BCUT2D eigenvalue weighted by molar-refractivity contribution is -0.0498. The zero-order chi connectivity index (χ0) is 15.0. The highest BCUT2D eigenvalue weighted by Crippen LogP contribution is 2.27. The van der Waals surface area contributed by atoms with Crippen LogP contribution in [-0.4, -0.2) is 27.1 Å². The summed E-state index contributed by atoms with van der Waals surface area (Å²) in [5.74, 6) is -0.968. The highest BCUT2D eigenvalue weighted by Gasteiger charge is 2.13. The van der Waals surface area contributed by atoms with Gasteiger partial charge < -0.3 is 9.84 Å². The van der Waals surface area contributed by atoms with Crippen LogP contribution in [0.2, 0.25) is 0 Å². The van der Waals surface area contributed by atoms with Crippen LogP contribution in [0.15, 0.2) is 36.7 Å². The summed E-state index contributed by atoms with van der Waals surface area (Å²) in [6.45, 7) is -2.89. The molecule has 0 unspecified atom stereocenters. The summed E-state index contributed by atoms with van der Waals surface area (Å²) in [7, 11) is 0. The summed E-state index contributed by atoms with van der Waals surface area (Å²) in [6, 6.07) is 6.18. The van der Waals surface area contributed by atoms with E-state index in [1.165, 1.54) is 18.3 Å². The minimum atomic E-state index is -2.89. The average molecular weight is 310 g/mol.